The number of carboxylic acids is 1. The van der Waals surface area contributed by atoms with E-state index >= 15 is 0 Å². The zero-order valence-electron chi connectivity index (χ0n) is 24.5. The van der Waals surface area contributed by atoms with Crippen molar-refractivity contribution in [2.45, 2.75) is 87.8 Å². The van der Waals surface area contributed by atoms with Gasteiger partial charge in [0.25, 0.3) is 5.97 Å². The molecule has 1 fully saturated rings. The van der Waals surface area contributed by atoms with Gasteiger partial charge in [0.15, 0.2) is 9.84 Å². The lowest BCUT2D eigenvalue weighted by Gasteiger charge is -2.14. The van der Waals surface area contributed by atoms with Crippen molar-refractivity contribution in [3.63, 3.8) is 0 Å². The van der Waals surface area contributed by atoms with Crippen molar-refractivity contribution in [3.05, 3.63) is 59.2 Å². The molecule has 2 aromatic rings. The Morgan fingerprint density at radius 1 is 1.00 bits per heavy atom. The first-order chi connectivity index (χ1) is 20.1. The molecule has 1 aliphatic rings. The van der Waals surface area contributed by atoms with Gasteiger partial charge in [-0.2, -0.15) is 0 Å². The van der Waals surface area contributed by atoms with Gasteiger partial charge in [-0.1, -0.05) is 43.9 Å². The molecule has 0 heterocycles. The quantitative estimate of drug-likeness (QED) is 0.156. The number of carboxylic acid groups (broad SMARTS) is 1. The fourth-order valence-corrected chi connectivity index (χ4v) is 6.64. The van der Waals surface area contributed by atoms with Crippen LogP contribution in [0.3, 0.4) is 0 Å². The maximum Gasteiger partial charge on any atom is 0.300 e. The summed E-state index contributed by atoms with van der Waals surface area (Å²) in [6.07, 6.45) is 6.92. The molecule has 1 aliphatic carbocycles. The molecular weight excluding hydrogens is 562 g/mol. The van der Waals surface area contributed by atoms with Crippen LogP contribution in [0.5, 0.6) is 5.75 Å². The first kappa shape index (κ1) is 35.7. The van der Waals surface area contributed by atoms with Crippen LogP contribution in [0.1, 0.15) is 81.1 Å². The zero-order valence-corrected chi connectivity index (χ0v) is 25.4. The van der Waals surface area contributed by atoms with Crippen molar-refractivity contribution in [2.75, 3.05) is 32.9 Å². The Labute approximate surface area is 249 Å². The zero-order chi connectivity index (χ0) is 30.8. The molecule has 0 bridgehead atoms. The number of sulfone groups is 1. The average Bonchev–Trinajstić information content (AvgIpc) is 3.52. The van der Waals surface area contributed by atoms with E-state index in [0.717, 1.165) is 70.4 Å². The minimum absolute atomic E-state index is 0.0303. The molecule has 3 rings (SSSR count). The number of ether oxygens (including phenoxy) is 2. The molecule has 0 amide bonds. The fourth-order valence-electron chi connectivity index (χ4n) is 4.72. The van der Waals surface area contributed by atoms with Crippen molar-refractivity contribution >= 4 is 15.8 Å². The van der Waals surface area contributed by atoms with Gasteiger partial charge in [-0.15, -0.1) is 0 Å². The second-order valence-electron chi connectivity index (χ2n) is 10.5. The van der Waals surface area contributed by atoms with Gasteiger partial charge in [0.2, 0.25) is 0 Å². The van der Waals surface area contributed by atoms with Gasteiger partial charge in [-0.05, 0) is 67.6 Å². The van der Waals surface area contributed by atoms with Crippen molar-refractivity contribution in [2.24, 2.45) is 0 Å². The Bertz CT molecular complexity index is 1160. The summed E-state index contributed by atoms with van der Waals surface area (Å²) in [6.45, 7) is 4.06. The second kappa shape index (κ2) is 19.6. The van der Waals surface area contributed by atoms with Gasteiger partial charge in [-0.25, -0.2) is 8.42 Å². The lowest BCUT2D eigenvalue weighted by atomic mass is 10.1. The number of hydrogen-bond acceptors (Lipinski definition) is 9. The molecule has 0 unspecified atom stereocenters. The number of rotatable bonds is 18. The maximum atomic E-state index is 12.8. The van der Waals surface area contributed by atoms with E-state index in [1.165, 1.54) is 6.07 Å². The number of hydrogen-bond donors (Lipinski definition) is 5. The summed E-state index contributed by atoms with van der Waals surface area (Å²) in [7, 11) is -3.25. The normalized spacial score (nSPS) is 14.4. The molecule has 11 heteroatoms. The van der Waals surface area contributed by atoms with Crippen LogP contribution in [0, 0.1) is 0 Å². The Morgan fingerprint density at radius 3 is 2.40 bits per heavy atom. The third-order valence-electron chi connectivity index (χ3n) is 7.00. The fraction of sp³-hybridized carbons (Fsp3) is 0.581. The van der Waals surface area contributed by atoms with E-state index in [0.29, 0.717) is 49.0 Å². The molecule has 10 nitrogen and oxygen atoms in total. The summed E-state index contributed by atoms with van der Waals surface area (Å²) in [6, 6.07) is 11.9. The number of nitrogens with one attached hydrogen (secondary N) is 1. The number of phenols is 1. The standard InChI is InChI=1S/C29H43NO7S.C2H4O2/c31-21-25-19-24(12-13-28(25)32)29(33)20-30-14-5-1-2-6-15-36-16-17-37-22-23-8-7-11-27(18-23)38(34,35)26-9-3-4-10-26;1-2(3)4/h7-8,11-13,18-19,26,29-33H,1-6,9-10,14-17,20-22H2;1H3,(H,3,4)/t29-;/m0./s1. The van der Waals surface area contributed by atoms with Crippen molar-refractivity contribution in [3.8, 4) is 5.75 Å². The molecule has 0 spiro atoms. The Kier molecular flexibility index (Phi) is 16.6. The lowest BCUT2D eigenvalue weighted by molar-refractivity contribution is -0.134. The van der Waals surface area contributed by atoms with Gasteiger partial charge < -0.3 is 35.2 Å². The van der Waals surface area contributed by atoms with E-state index in [1.54, 1.807) is 30.3 Å². The third-order valence-corrected chi connectivity index (χ3v) is 9.26. The highest BCUT2D eigenvalue weighted by molar-refractivity contribution is 7.92. The smallest absolute Gasteiger partial charge is 0.300 e. The van der Waals surface area contributed by atoms with Crippen molar-refractivity contribution in [1.29, 1.82) is 0 Å². The molecule has 1 atom stereocenters. The highest BCUT2D eigenvalue weighted by Crippen LogP contribution is 2.30. The van der Waals surface area contributed by atoms with Crippen LogP contribution in [-0.2, 0) is 37.3 Å². The van der Waals surface area contributed by atoms with E-state index in [9.17, 15) is 23.7 Å². The number of aliphatic hydroxyl groups is 2. The summed E-state index contributed by atoms with van der Waals surface area (Å²) in [5.74, 6) is -0.803. The van der Waals surface area contributed by atoms with E-state index in [2.05, 4.69) is 5.32 Å². The molecule has 2 aromatic carbocycles. The molecule has 0 radical (unpaired) electrons. The van der Waals surface area contributed by atoms with E-state index < -0.39 is 21.9 Å². The van der Waals surface area contributed by atoms with Crippen LogP contribution in [0.2, 0.25) is 0 Å². The topological polar surface area (TPSA) is 163 Å². The van der Waals surface area contributed by atoms with E-state index in [1.807, 2.05) is 6.07 Å². The number of aliphatic carboxylic acids is 1. The third kappa shape index (κ3) is 13.2. The summed E-state index contributed by atoms with van der Waals surface area (Å²) in [5.41, 5.74) is 1.94. The monoisotopic (exact) mass is 609 g/mol. The van der Waals surface area contributed by atoms with Crippen LogP contribution in [0.4, 0.5) is 0 Å². The number of unbranched alkanes of at least 4 members (excludes halogenated alkanes) is 3. The predicted octanol–water partition coefficient (Wildman–Crippen LogP) is 4.11. The first-order valence-electron chi connectivity index (χ1n) is 14.6. The molecule has 1 saturated carbocycles. The van der Waals surface area contributed by atoms with Crippen LogP contribution in [0.15, 0.2) is 47.4 Å². The van der Waals surface area contributed by atoms with Crippen molar-refractivity contribution < 1.29 is 43.1 Å². The van der Waals surface area contributed by atoms with Gasteiger partial charge >= 0.3 is 0 Å². The van der Waals surface area contributed by atoms with Crippen LogP contribution < -0.4 is 5.32 Å². The van der Waals surface area contributed by atoms with E-state index in [4.69, 9.17) is 19.4 Å². The average molecular weight is 610 g/mol. The molecule has 0 saturated heterocycles. The highest BCUT2D eigenvalue weighted by Gasteiger charge is 2.30. The summed E-state index contributed by atoms with van der Waals surface area (Å²) < 4.78 is 36.9. The molecule has 0 aromatic heterocycles. The molecular formula is C31H47NO9S. The van der Waals surface area contributed by atoms with Gasteiger partial charge in [0.05, 0.1) is 42.7 Å². The highest BCUT2D eigenvalue weighted by atomic mass is 32.2. The summed E-state index contributed by atoms with van der Waals surface area (Å²) in [5, 5.41) is 39.5. The predicted molar refractivity (Wildman–Crippen MR) is 160 cm³/mol. The Balaban J connectivity index is 0.00000144. The Morgan fingerprint density at radius 2 is 1.69 bits per heavy atom. The SMILES string of the molecule is CC(=O)O.O=S(=O)(c1cccc(COCCOCCCCCCNC[C@H](O)c2ccc(O)c(CO)c2)c1)C1CCCC1. The minimum atomic E-state index is -3.25. The number of benzene rings is 2. The largest absolute Gasteiger partial charge is 0.508 e. The summed E-state index contributed by atoms with van der Waals surface area (Å²) >= 11 is 0. The molecule has 0 aliphatic heterocycles. The maximum absolute atomic E-state index is 12.8. The van der Waals surface area contributed by atoms with Crippen LogP contribution in [-0.4, -0.2) is 73.0 Å². The summed E-state index contributed by atoms with van der Waals surface area (Å²) in [4.78, 5) is 9.40. The molecule has 5 N–H and O–H groups in total. The van der Waals surface area contributed by atoms with Crippen molar-refractivity contribution in [1.82, 2.24) is 5.32 Å². The number of aliphatic hydroxyl groups excluding tert-OH is 2. The molecule has 42 heavy (non-hydrogen) atoms. The van der Waals surface area contributed by atoms with Crippen LogP contribution >= 0.6 is 0 Å². The van der Waals surface area contributed by atoms with Gasteiger partial charge in [0.1, 0.15) is 5.75 Å². The number of aromatic hydroxyl groups is 1. The molecule has 236 valence electrons. The number of carbonyl (C=O) groups is 1. The second-order valence-corrected chi connectivity index (χ2v) is 12.7. The first-order valence-corrected chi connectivity index (χ1v) is 16.2. The van der Waals surface area contributed by atoms with Crippen LogP contribution in [0.25, 0.3) is 0 Å². The van der Waals surface area contributed by atoms with E-state index in [-0.39, 0.29) is 17.6 Å². The van der Waals surface area contributed by atoms with Gasteiger partial charge in [-0.3, -0.25) is 4.79 Å². The lowest BCUT2D eigenvalue weighted by Crippen LogP contribution is -2.22. The Hall–Kier alpha value is -2.54. The van der Waals surface area contributed by atoms with Gasteiger partial charge in [0, 0.05) is 25.6 Å². The minimum Gasteiger partial charge on any atom is -0.508 e.